The van der Waals surface area contributed by atoms with Crippen LogP contribution in [-0.4, -0.2) is 11.8 Å². The minimum Gasteiger partial charge on any atom is -0.399 e. The summed E-state index contributed by atoms with van der Waals surface area (Å²) in [5.41, 5.74) is 6.36. The molecule has 0 saturated heterocycles. The first-order valence-corrected chi connectivity index (χ1v) is 5.28. The highest BCUT2D eigenvalue weighted by Gasteiger charge is 2.26. The number of benzene rings is 1. The quantitative estimate of drug-likeness (QED) is 0.576. The summed E-state index contributed by atoms with van der Waals surface area (Å²) in [6, 6.07) is 7.36. The number of carbonyl (C=O) groups is 2. The van der Waals surface area contributed by atoms with Crippen LogP contribution in [0.1, 0.15) is 29.6 Å². The Bertz CT molecular complexity index is 425. The highest BCUT2D eigenvalue weighted by atomic mass is 16.2. The molecule has 1 aliphatic carbocycles. The Morgan fingerprint density at radius 1 is 1.38 bits per heavy atom. The van der Waals surface area contributed by atoms with Gasteiger partial charge in [-0.25, -0.2) is 0 Å². The van der Waals surface area contributed by atoms with Crippen LogP contribution in [0.5, 0.6) is 0 Å². The average Bonchev–Trinajstić information content (AvgIpc) is 2.14. The molecule has 1 radical (unpaired) electrons. The number of hydrogen-bond donors (Lipinski definition) is 2. The van der Waals surface area contributed by atoms with Crippen molar-refractivity contribution in [2.24, 2.45) is 5.92 Å². The van der Waals surface area contributed by atoms with Gasteiger partial charge in [0.1, 0.15) is 0 Å². The van der Waals surface area contributed by atoms with Gasteiger partial charge < -0.3 is 5.73 Å². The number of nitrogens with one attached hydrogen (secondary N) is 1. The van der Waals surface area contributed by atoms with E-state index in [-0.39, 0.29) is 11.8 Å². The number of imide groups is 1. The van der Waals surface area contributed by atoms with Crippen LogP contribution < -0.4 is 11.1 Å². The van der Waals surface area contributed by atoms with Crippen LogP contribution in [0.2, 0.25) is 0 Å². The van der Waals surface area contributed by atoms with Crippen molar-refractivity contribution in [1.29, 1.82) is 0 Å². The zero-order valence-electron chi connectivity index (χ0n) is 8.82. The first-order valence-electron chi connectivity index (χ1n) is 5.28. The smallest absolute Gasteiger partial charge is 0.257 e. The molecule has 0 bridgehead atoms. The molecule has 1 fully saturated rings. The molecule has 2 amide bonds. The third-order valence-electron chi connectivity index (χ3n) is 2.79. The van der Waals surface area contributed by atoms with Gasteiger partial charge in [0.05, 0.1) is 0 Å². The number of hydrogen-bond acceptors (Lipinski definition) is 3. The Morgan fingerprint density at radius 3 is 2.69 bits per heavy atom. The second-order valence-electron chi connectivity index (χ2n) is 4.00. The summed E-state index contributed by atoms with van der Waals surface area (Å²) in [4.78, 5) is 23.2. The zero-order valence-corrected chi connectivity index (χ0v) is 8.82. The molecule has 1 saturated carbocycles. The van der Waals surface area contributed by atoms with Gasteiger partial charge in [-0.1, -0.05) is 6.42 Å². The van der Waals surface area contributed by atoms with Crippen LogP contribution in [0.15, 0.2) is 18.2 Å². The lowest BCUT2D eigenvalue weighted by Gasteiger charge is -2.23. The van der Waals surface area contributed by atoms with Gasteiger partial charge in [0.25, 0.3) is 5.91 Å². The lowest BCUT2D eigenvalue weighted by molar-refractivity contribution is -0.126. The standard InChI is InChI=1S/C12H13N2O2/c13-10-6-2-5-9(7-10)12(16)14-11(15)8-3-1-4-8/h5-8H,1,3-4,13H2,(H,14,15,16). The molecule has 4 nitrogen and oxygen atoms in total. The van der Waals surface area contributed by atoms with Crippen molar-refractivity contribution in [3.8, 4) is 0 Å². The topological polar surface area (TPSA) is 72.2 Å². The van der Waals surface area contributed by atoms with Crippen molar-refractivity contribution in [1.82, 2.24) is 5.32 Å². The van der Waals surface area contributed by atoms with Crippen molar-refractivity contribution >= 4 is 17.5 Å². The molecule has 4 heteroatoms. The molecule has 83 valence electrons. The van der Waals surface area contributed by atoms with E-state index in [4.69, 9.17) is 5.73 Å². The molecule has 16 heavy (non-hydrogen) atoms. The SMILES string of the molecule is Nc1c[c]cc(C(=O)NC(=O)C2CCC2)c1. The summed E-state index contributed by atoms with van der Waals surface area (Å²) in [5, 5.41) is 2.37. The van der Waals surface area contributed by atoms with Gasteiger partial charge in [0.2, 0.25) is 5.91 Å². The number of carbonyl (C=O) groups excluding carboxylic acids is 2. The number of amides is 2. The predicted octanol–water partition coefficient (Wildman–Crippen LogP) is 1.13. The summed E-state index contributed by atoms with van der Waals surface area (Å²) in [7, 11) is 0. The molecule has 0 heterocycles. The highest BCUT2D eigenvalue weighted by molar-refractivity contribution is 6.05. The predicted molar refractivity (Wildman–Crippen MR) is 59.5 cm³/mol. The van der Waals surface area contributed by atoms with Crippen LogP contribution >= 0.6 is 0 Å². The lowest BCUT2D eigenvalue weighted by Crippen LogP contribution is -2.38. The van der Waals surface area contributed by atoms with Crippen LogP contribution in [0, 0.1) is 12.0 Å². The summed E-state index contributed by atoms with van der Waals surface area (Å²) >= 11 is 0. The second-order valence-corrected chi connectivity index (χ2v) is 4.00. The van der Waals surface area contributed by atoms with E-state index in [0.29, 0.717) is 11.3 Å². The van der Waals surface area contributed by atoms with E-state index >= 15 is 0 Å². The second kappa shape index (κ2) is 4.35. The summed E-state index contributed by atoms with van der Waals surface area (Å²) in [6.45, 7) is 0. The van der Waals surface area contributed by atoms with Crippen molar-refractivity contribution in [3.63, 3.8) is 0 Å². The molecule has 1 aromatic rings. The molecule has 0 unspecified atom stereocenters. The van der Waals surface area contributed by atoms with Gasteiger partial charge in [0.15, 0.2) is 0 Å². The van der Waals surface area contributed by atoms with Gasteiger partial charge in [-0.15, -0.1) is 0 Å². The van der Waals surface area contributed by atoms with E-state index in [1.807, 2.05) is 0 Å². The Morgan fingerprint density at radius 2 is 2.12 bits per heavy atom. The fourth-order valence-electron chi connectivity index (χ4n) is 1.58. The fraction of sp³-hybridized carbons (Fsp3) is 0.333. The Kier molecular flexibility index (Phi) is 2.90. The van der Waals surface area contributed by atoms with E-state index in [9.17, 15) is 9.59 Å². The first kappa shape index (κ1) is 10.7. The lowest BCUT2D eigenvalue weighted by atomic mass is 9.85. The van der Waals surface area contributed by atoms with Gasteiger partial charge in [0, 0.05) is 17.2 Å². The molecule has 1 aliphatic rings. The monoisotopic (exact) mass is 217 g/mol. The van der Waals surface area contributed by atoms with Crippen LogP contribution in [-0.2, 0) is 4.79 Å². The van der Waals surface area contributed by atoms with Gasteiger partial charge in [-0.2, -0.15) is 0 Å². The van der Waals surface area contributed by atoms with E-state index in [1.165, 1.54) is 12.1 Å². The molecule has 0 aromatic heterocycles. The Hall–Kier alpha value is -1.84. The summed E-state index contributed by atoms with van der Waals surface area (Å²) < 4.78 is 0. The van der Waals surface area contributed by atoms with E-state index in [2.05, 4.69) is 11.4 Å². The molecule has 0 spiro atoms. The average molecular weight is 217 g/mol. The molecule has 0 atom stereocenters. The largest absolute Gasteiger partial charge is 0.399 e. The van der Waals surface area contributed by atoms with Crippen molar-refractivity contribution < 1.29 is 9.59 Å². The normalized spacial score (nSPS) is 15.2. The van der Waals surface area contributed by atoms with Crippen LogP contribution in [0.4, 0.5) is 5.69 Å². The maximum atomic E-state index is 11.6. The van der Waals surface area contributed by atoms with Crippen molar-refractivity contribution in [3.05, 3.63) is 29.8 Å². The van der Waals surface area contributed by atoms with Crippen molar-refractivity contribution in [2.45, 2.75) is 19.3 Å². The third-order valence-corrected chi connectivity index (χ3v) is 2.79. The highest BCUT2D eigenvalue weighted by Crippen LogP contribution is 2.26. The number of anilines is 1. The van der Waals surface area contributed by atoms with Crippen molar-refractivity contribution in [2.75, 3.05) is 5.73 Å². The molecule has 2 rings (SSSR count). The summed E-state index contributed by atoms with van der Waals surface area (Å²) in [5.74, 6) is -0.576. The minimum absolute atomic E-state index is 0.00832. The fourth-order valence-corrected chi connectivity index (χ4v) is 1.58. The van der Waals surface area contributed by atoms with E-state index < -0.39 is 5.91 Å². The molecular formula is C12H13N2O2. The molecule has 1 aromatic carbocycles. The van der Waals surface area contributed by atoms with Gasteiger partial charge >= 0.3 is 0 Å². The van der Waals surface area contributed by atoms with E-state index in [1.54, 1.807) is 6.07 Å². The minimum atomic E-state index is -0.402. The third kappa shape index (κ3) is 2.21. The molecule has 3 N–H and O–H groups in total. The zero-order chi connectivity index (χ0) is 11.5. The maximum Gasteiger partial charge on any atom is 0.257 e. The van der Waals surface area contributed by atoms with E-state index in [0.717, 1.165) is 19.3 Å². The number of nitrogens with two attached hydrogens (primary N) is 1. The summed E-state index contributed by atoms with van der Waals surface area (Å²) in [6.07, 6.45) is 2.82. The maximum absolute atomic E-state index is 11.6. The Labute approximate surface area is 93.8 Å². The first-order chi connectivity index (χ1) is 7.66. The van der Waals surface area contributed by atoms with Gasteiger partial charge in [-0.3, -0.25) is 14.9 Å². The van der Waals surface area contributed by atoms with Gasteiger partial charge in [-0.05, 0) is 37.1 Å². The molecule has 0 aliphatic heterocycles. The number of nitrogen functional groups attached to an aromatic ring is 1. The molecular weight excluding hydrogens is 204 g/mol. The van der Waals surface area contributed by atoms with Crippen LogP contribution in [0.3, 0.4) is 0 Å². The van der Waals surface area contributed by atoms with Crippen LogP contribution in [0.25, 0.3) is 0 Å². The Balaban J connectivity index is 1.99. The number of rotatable bonds is 2.